The van der Waals surface area contributed by atoms with Crippen LogP contribution >= 0.6 is 11.6 Å². The van der Waals surface area contributed by atoms with Crippen LogP contribution in [0, 0.1) is 19.8 Å². The third-order valence-electron chi connectivity index (χ3n) is 3.71. The number of hydrogen-bond donors (Lipinski definition) is 3. The molecular formula is C18H20ClNO3. The number of aryl methyl sites for hydroxylation is 2. The first kappa shape index (κ1) is 17.2. The molecule has 0 aliphatic carbocycles. The van der Waals surface area contributed by atoms with Gasteiger partial charge in [0.05, 0.1) is 10.7 Å². The molecule has 0 saturated carbocycles. The average Bonchev–Trinajstić information content (AvgIpc) is 2.46. The molecule has 0 fully saturated rings. The maximum atomic E-state index is 12.4. The SMILES string of the molecule is Cc1cc(C)c(NC(=O)C(C)Cc2ccc(O)c(O)c2)c(Cl)c1. The molecule has 2 aromatic carbocycles. The summed E-state index contributed by atoms with van der Waals surface area (Å²) in [6, 6.07) is 8.33. The van der Waals surface area contributed by atoms with Crippen LogP contribution in [-0.2, 0) is 11.2 Å². The smallest absolute Gasteiger partial charge is 0.227 e. The number of benzene rings is 2. The van der Waals surface area contributed by atoms with Gasteiger partial charge in [0.2, 0.25) is 5.91 Å². The average molecular weight is 334 g/mol. The standard InChI is InChI=1S/C18H20ClNO3/c1-10-6-11(2)17(14(19)7-10)20-18(23)12(3)8-13-4-5-15(21)16(22)9-13/h4-7,9,12,21-22H,8H2,1-3H3,(H,20,23). The summed E-state index contributed by atoms with van der Waals surface area (Å²) in [5.74, 6) is -0.817. The van der Waals surface area contributed by atoms with Crippen LogP contribution in [0.3, 0.4) is 0 Å². The fraction of sp³-hybridized carbons (Fsp3) is 0.278. The van der Waals surface area contributed by atoms with E-state index in [2.05, 4.69) is 5.32 Å². The normalized spacial score (nSPS) is 12.0. The molecule has 1 amide bonds. The van der Waals surface area contributed by atoms with Crippen molar-refractivity contribution in [3.63, 3.8) is 0 Å². The lowest BCUT2D eigenvalue weighted by atomic mass is 9.99. The molecule has 2 aromatic rings. The van der Waals surface area contributed by atoms with Crippen molar-refractivity contribution in [1.82, 2.24) is 0 Å². The number of carbonyl (C=O) groups excluding carboxylic acids is 1. The van der Waals surface area contributed by atoms with Crippen LogP contribution in [0.1, 0.15) is 23.6 Å². The minimum absolute atomic E-state index is 0.147. The number of anilines is 1. The molecule has 0 radical (unpaired) electrons. The number of rotatable bonds is 4. The van der Waals surface area contributed by atoms with E-state index in [0.29, 0.717) is 17.1 Å². The Labute approximate surface area is 140 Å². The van der Waals surface area contributed by atoms with Crippen molar-refractivity contribution in [3.8, 4) is 11.5 Å². The van der Waals surface area contributed by atoms with Crippen LogP contribution < -0.4 is 5.32 Å². The van der Waals surface area contributed by atoms with E-state index in [9.17, 15) is 15.0 Å². The molecule has 0 heterocycles. The number of amides is 1. The minimum atomic E-state index is -0.310. The number of carbonyl (C=O) groups is 1. The van der Waals surface area contributed by atoms with E-state index >= 15 is 0 Å². The second kappa shape index (κ2) is 6.92. The van der Waals surface area contributed by atoms with Gasteiger partial charge in [-0.3, -0.25) is 4.79 Å². The van der Waals surface area contributed by atoms with Gasteiger partial charge in [-0.15, -0.1) is 0 Å². The summed E-state index contributed by atoms with van der Waals surface area (Å²) in [4.78, 5) is 12.4. The van der Waals surface area contributed by atoms with Crippen LogP contribution in [-0.4, -0.2) is 16.1 Å². The summed E-state index contributed by atoms with van der Waals surface area (Å²) in [5.41, 5.74) is 3.35. The van der Waals surface area contributed by atoms with Gasteiger partial charge in [-0.1, -0.05) is 30.7 Å². The lowest BCUT2D eigenvalue weighted by Crippen LogP contribution is -2.22. The Hall–Kier alpha value is -2.20. The van der Waals surface area contributed by atoms with Crippen LogP contribution in [0.25, 0.3) is 0 Å². The van der Waals surface area contributed by atoms with E-state index in [0.717, 1.165) is 16.7 Å². The first-order valence-electron chi connectivity index (χ1n) is 7.36. The van der Waals surface area contributed by atoms with Gasteiger partial charge in [-0.2, -0.15) is 0 Å². The van der Waals surface area contributed by atoms with Gasteiger partial charge in [0.15, 0.2) is 11.5 Å². The molecule has 1 unspecified atom stereocenters. The second-order valence-corrected chi connectivity index (χ2v) is 6.26. The molecular weight excluding hydrogens is 314 g/mol. The van der Waals surface area contributed by atoms with Crippen LogP contribution in [0.2, 0.25) is 5.02 Å². The summed E-state index contributed by atoms with van der Waals surface area (Å²) in [6.45, 7) is 5.65. The van der Waals surface area contributed by atoms with Crippen molar-refractivity contribution in [3.05, 3.63) is 52.0 Å². The number of phenolic OH excluding ortho intramolecular Hbond substituents is 2. The molecule has 0 bridgehead atoms. The Bertz CT molecular complexity index is 720. The maximum absolute atomic E-state index is 12.4. The van der Waals surface area contributed by atoms with Gasteiger partial charge in [-0.05, 0) is 55.2 Å². The van der Waals surface area contributed by atoms with Gasteiger partial charge in [0.25, 0.3) is 0 Å². The Morgan fingerprint density at radius 3 is 2.48 bits per heavy atom. The van der Waals surface area contributed by atoms with Gasteiger partial charge < -0.3 is 15.5 Å². The van der Waals surface area contributed by atoms with Crippen molar-refractivity contribution in [2.24, 2.45) is 5.92 Å². The van der Waals surface area contributed by atoms with Crippen molar-refractivity contribution >= 4 is 23.2 Å². The minimum Gasteiger partial charge on any atom is -0.504 e. The molecule has 0 aliphatic rings. The monoisotopic (exact) mass is 333 g/mol. The van der Waals surface area contributed by atoms with Crippen molar-refractivity contribution in [2.75, 3.05) is 5.32 Å². The zero-order chi connectivity index (χ0) is 17.1. The van der Waals surface area contributed by atoms with Crippen LogP contribution in [0.4, 0.5) is 5.69 Å². The summed E-state index contributed by atoms with van der Waals surface area (Å²) in [6.07, 6.45) is 0.447. The molecule has 4 nitrogen and oxygen atoms in total. The van der Waals surface area contributed by atoms with E-state index in [1.165, 1.54) is 12.1 Å². The van der Waals surface area contributed by atoms with Crippen molar-refractivity contribution in [1.29, 1.82) is 0 Å². The molecule has 0 saturated heterocycles. The third-order valence-corrected chi connectivity index (χ3v) is 4.01. The lowest BCUT2D eigenvalue weighted by Gasteiger charge is -2.16. The summed E-state index contributed by atoms with van der Waals surface area (Å²) < 4.78 is 0. The highest BCUT2D eigenvalue weighted by atomic mass is 35.5. The third kappa shape index (κ3) is 4.17. The Balaban J connectivity index is 2.10. The van der Waals surface area contributed by atoms with Gasteiger partial charge in [-0.25, -0.2) is 0 Å². The Morgan fingerprint density at radius 1 is 1.17 bits per heavy atom. The lowest BCUT2D eigenvalue weighted by molar-refractivity contribution is -0.119. The van der Waals surface area contributed by atoms with E-state index in [4.69, 9.17) is 11.6 Å². The number of hydrogen-bond acceptors (Lipinski definition) is 3. The predicted molar refractivity (Wildman–Crippen MR) is 92.2 cm³/mol. The quantitative estimate of drug-likeness (QED) is 0.735. The molecule has 23 heavy (non-hydrogen) atoms. The molecule has 3 N–H and O–H groups in total. The summed E-state index contributed by atoms with van der Waals surface area (Å²) in [7, 11) is 0. The highest BCUT2D eigenvalue weighted by Gasteiger charge is 2.17. The summed E-state index contributed by atoms with van der Waals surface area (Å²) in [5, 5.41) is 22.2. The second-order valence-electron chi connectivity index (χ2n) is 5.86. The number of halogens is 1. The topological polar surface area (TPSA) is 69.6 Å². The van der Waals surface area contributed by atoms with Crippen molar-refractivity contribution < 1.29 is 15.0 Å². The number of aromatic hydroxyl groups is 2. The molecule has 1 atom stereocenters. The molecule has 0 aliphatic heterocycles. The molecule has 2 rings (SSSR count). The zero-order valence-corrected chi connectivity index (χ0v) is 14.1. The number of nitrogens with one attached hydrogen (secondary N) is 1. The Morgan fingerprint density at radius 2 is 1.87 bits per heavy atom. The van der Waals surface area contributed by atoms with Crippen LogP contribution in [0.5, 0.6) is 11.5 Å². The van der Waals surface area contributed by atoms with Gasteiger partial charge in [0.1, 0.15) is 0 Å². The predicted octanol–water partition coefficient (Wildman–Crippen LogP) is 4.19. The molecule has 0 aromatic heterocycles. The van der Waals surface area contributed by atoms with E-state index < -0.39 is 0 Å². The molecule has 0 spiro atoms. The van der Waals surface area contributed by atoms with Gasteiger partial charge >= 0.3 is 0 Å². The maximum Gasteiger partial charge on any atom is 0.227 e. The van der Waals surface area contributed by atoms with E-state index in [1.54, 1.807) is 13.0 Å². The van der Waals surface area contributed by atoms with Crippen LogP contribution in [0.15, 0.2) is 30.3 Å². The molecule has 122 valence electrons. The fourth-order valence-electron chi connectivity index (χ4n) is 2.46. The summed E-state index contributed by atoms with van der Waals surface area (Å²) >= 11 is 6.21. The van der Waals surface area contributed by atoms with E-state index in [-0.39, 0.29) is 23.3 Å². The first-order chi connectivity index (χ1) is 10.8. The number of phenols is 2. The Kier molecular flexibility index (Phi) is 5.16. The largest absolute Gasteiger partial charge is 0.504 e. The molecule has 5 heteroatoms. The fourth-order valence-corrected chi connectivity index (χ4v) is 2.83. The first-order valence-corrected chi connectivity index (χ1v) is 7.74. The zero-order valence-electron chi connectivity index (χ0n) is 13.4. The highest BCUT2D eigenvalue weighted by molar-refractivity contribution is 6.34. The van der Waals surface area contributed by atoms with Crippen molar-refractivity contribution in [2.45, 2.75) is 27.2 Å². The highest BCUT2D eigenvalue weighted by Crippen LogP contribution is 2.29. The van der Waals surface area contributed by atoms with E-state index in [1.807, 2.05) is 26.0 Å². The van der Waals surface area contributed by atoms with Gasteiger partial charge in [0, 0.05) is 5.92 Å².